The summed E-state index contributed by atoms with van der Waals surface area (Å²) in [5.74, 6) is 0. The van der Waals surface area contributed by atoms with Gasteiger partial charge in [0.05, 0.1) is 10.2 Å². The molecule has 0 unspecified atom stereocenters. The lowest BCUT2D eigenvalue weighted by atomic mass is 10.2. The van der Waals surface area contributed by atoms with E-state index in [4.69, 9.17) is 0 Å². The number of hydrogen-bond donors (Lipinski definition) is 1. The summed E-state index contributed by atoms with van der Waals surface area (Å²) in [6.07, 6.45) is 4.68. The summed E-state index contributed by atoms with van der Waals surface area (Å²) < 4.78 is 1.25. The topological polar surface area (TPSA) is 37.8 Å². The molecule has 0 saturated carbocycles. The number of rotatable bonds is 4. The van der Waals surface area contributed by atoms with Crippen LogP contribution < -0.4 is 5.32 Å². The number of aromatic nitrogens is 2. The molecule has 4 heteroatoms. The SMILES string of the molecule is CCc1ccc2nc(NCc3ccncc3)sc2c1. The van der Waals surface area contributed by atoms with Crippen LogP contribution in [-0.4, -0.2) is 9.97 Å². The summed E-state index contributed by atoms with van der Waals surface area (Å²) in [6.45, 7) is 2.95. The minimum Gasteiger partial charge on any atom is -0.357 e. The van der Waals surface area contributed by atoms with Crippen LogP contribution in [0.5, 0.6) is 0 Å². The number of nitrogens with one attached hydrogen (secondary N) is 1. The zero-order valence-electron chi connectivity index (χ0n) is 10.8. The zero-order chi connectivity index (χ0) is 13.1. The third-order valence-electron chi connectivity index (χ3n) is 3.05. The van der Waals surface area contributed by atoms with Crippen molar-refractivity contribution >= 4 is 26.7 Å². The highest BCUT2D eigenvalue weighted by Gasteiger charge is 2.04. The highest BCUT2D eigenvalue weighted by atomic mass is 32.1. The molecule has 0 fully saturated rings. The molecule has 0 aliphatic carbocycles. The minimum absolute atomic E-state index is 0.781. The van der Waals surface area contributed by atoms with Crippen LogP contribution >= 0.6 is 11.3 Å². The Hall–Kier alpha value is -1.94. The molecule has 0 aliphatic rings. The number of anilines is 1. The first-order valence-corrected chi connectivity index (χ1v) is 7.19. The smallest absolute Gasteiger partial charge is 0.184 e. The van der Waals surface area contributed by atoms with Gasteiger partial charge in [0, 0.05) is 18.9 Å². The van der Waals surface area contributed by atoms with Crippen molar-refractivity contribution in [3.8, 4) is 0 Å². The maximum absolute atomic E-state index is 4.59. The number of pyridine rings is 1. The predicted molar refractivity (Wildman–Crippen MR) is 80.6 cm³/mol. The van der Waals surface area contributed by atoms with Gasteiger partial charge in [-0.05, 0) is 41.8 Å². The van der Waals surface area contributed by atoms with E-state index in [9.17, 15) is 0 Å². The van der Waals surface area contributed by atoms with Gasteiger partial charge in [0.15, 0.2) is 5.13 Å². The Morgan fingerprint density at radius 2 is 1.95 bits per heavy atom. The van der Waals surface area contributed by atoms with Crippen LogP contribution in [0.15, 0.2) is 42.7 Å². The lowest BCUT2D eigenvalue weighted by Gasteiger charge is -2.01. The first-order valence-electron chi connectivity index (χ1n) is 6.37. The van der Waals surface area contributed by atoms with E-state index >= 15 is 0 Å². The number of benzene rings is 1. The molecule has 0 saturated heterocycles. The van der Waals surface area contributed by atoms with E-state index in [-0.39, 0.29) is 0 Å². The van der Waals surface area contributed by atoms with Crippen molar-refractivity contribution in [1.82, 2.24) is 9.97 Å². The zero-order valence-corrected chi connectivity index (χ0v) is 11.6. The largest absolute Gasteiger partial charge is 0.357 e. The molecule has 2 heterocycles. The Morgan fingerprint density at radius 1 is 1.11 bits per heavy atom. The fourth-order valence-electron chi connectivity index (χ4n) is 1.94. The van der Waals surface area contributed by atoms with Crippen molar-refractivity contribution < 1.29 is 0 Å². The Morgan fingerprint density at radius 3 is 2.74 bits per heavy atom. The summed E-state index contributed by atoms with van der Waals surface area (Å²) in [5, 5.41) is 4.34. The van der Waals surface area contributed by atoms with Crippen LogP contribution in [0.1, 0.15) is 18.1 Å². The molecule has 1 aromatic carbocycles. The van der Waals surface area contributed by atoms with Crippen LogP contribution in [-0.2, 0) is 13.0 Å². The van der Waals surface area contributed by atoms with Crippen molar-refractivity contribution in [3.05, 3.63) is 53.9 Å². The molecular formula is C15H15N3S. The monoisotopic (exact) mass is 269 g/mol. The van der Waals surface area contributed by atoms with Crippen molar-refractivity contribution in [2.45, 2.75) is 19.9 Å². The van der Waals surface area contributed by atoms with Crippen molar-refractivity contribution in [2.24, 2.45) is 0 Å². The first kappa shape index (κ1) is 12.1. The van der Waals surface area contributed by atoms with Crippen LogP contribution in [0, 0.1) is 0 Å². The van der Waals surface area contributed by atoms with Crippen molar-refractivity contribution in [2.75, 3.05) is 5.32 Å². The lowest BCUT2D eigenvalue weighted by Crippen LogP contribution is -1.98. The molecule has 0 bridgehead atoms. The second-order valence-electron chi connectivity index (χ2n) is 4.38. The van der Waals surface area contributed by atoms with Gasteiger partial charge in [-0.15, -0.1) is 0 Å². The Bertz CT molecular complexity index is 676. The average Bonchev–Trinajstić information content (AvgIpc) is 2.88. The molecule has 0 aliphatic heterocycles. The van der Waals surface area contributed by atoms with Gasteiger partial charge in [0.25, 0.3) is 0 Å². The normalized spacial score (nSPS) is 10.8. The van der Waals surface area contributed by atoms with E-state index in [0.717, 1.165) is 23.6 Å². The van der Waals surface area contributed by atoms with E-state index in [0.29, 0.717) is 0 Å². The van der Waals surface area contributed by atoms with Crippen LogP contribution in [0.25, 0.3) is 10.2 Å². The third-order valence-corrected chi connectivity index (χ3v) is 4.03. The van der Waals surface area contributed by atoms with Gasteiger partial charge in [-0.1, -0.05) is 24.3 Å². The minimum atomic E-state index is 0.781. The summed E-state index contributed by atoms with van der Waals surface area (Å²) in [5.41, 5.74) is 3.64. The molecule has 96 valence electrons. The van der Waals surface area contributed by atoms with E-state index in [1.54, 1.807) is 11.3 Å². The summed E-state index contributed by atoms with van der Waals surface area (Å²) in [7, 11) is 0. The number of hydrogen-bond acceptors (Lipinski definition) is 4. The third kappa shape index (κ3) is 2.74. The number of fused-ring (bicyclic) bond motifs is 1. The Balaban J connectivity index is 1.78. The molecule has 3 rings (SSSR count). The molecule has 0 amide bonds. The van der Waals surface area contributed by atoms with Gasteiger partial charge in [0.1, 0.15) is 0 Å². The van der Waals surface area contributed by atoms with Gasteiger partial charge in [0.2, 0.25) is 0 Å². The van der Waals surface area contributed by atoms with Crippen molar-refractivity contribution in [1.29, 1.82) is 0 Å². The quantitative estimate of drug-likeness (QED) is 0.781. The Labute approximate surface area is 116 Å². The van der Waals surface area contributed by atoms with Gasteiger partial charge in [-0.3, -0.25) is 4.98 Å². The number of aryl methyl sites for hydroxylation is 1. The summed E-state index contributed by atoms with van der Waals surface area (Å²) >= 11 is 1.71. The number of thiazole rings is 1. The Kier molecular flexibility index (Phi) is 3.42. The highest BCUT2D eigenvalue weighted by molar-refractivity contribution is 7.22. The van der Waals surface area contributed by atoms with E-state index < -0.39 is 0 Å². The van der Waals surface area contributed by atoms with E-state index in [1.807, 2.05) is 24.5 Å². The van der Waals surface area contributed by atoms with Crippen LogP contribution in [0.4, 0.5) is 5.13 Å². The molecular weight excluding hydrogens is 254 g/mol. The molecule has 2 aromatic heterocycles. The second kappa shape index (κ2) is 5.36. The van der Waals surface area contributed by atoms with E-state index in [1.165, 1.54) is 15.8 Å². The molecule has 0 atom stereocenters. The average molecular weight is 269 g/mol. The standard InChI is InChI=1S/C15H15N3S/c1-2-11-3-4-13-14(9-11)19-15(18-13)17-10-12-5-7-16-8-6-12/h3-9H,2,10H2,1H3,(H,17,18). The first-order chi connectivity index (χ1) is 9.35. The molecule has 0 spiro atoms. The molecule has 19 heavy (non-hydrogen) atoms. The lowest BCUT2D eigenvalue weighted by molar-refractivity contribution is 1.12. The second-order valence-corrected chi connectivity index (χ2v) is 5.41. The summed E-state index contributed by atoms with van der Waals surface area (Å²) in [6, 6.07) is 10.5. The van der Waals surface area contributed by atoms with Gasteiger partial charge < -0.3 is 5.32 Å². The van der Waals surface area contributed by atoms with Crippen molar-refractivity contribution in [3.63, 3.8) is 0 Å². The maximum Gasteiger partial charge on any atom is 0.184 e. The van der Waals surface area contributed by atoms with Gasteiger partial charge >= 0.3 is 0 Å². The molecule has 1 N–H and O–H groups in total. The number of nitrogens with zero attached hydrogens (tertiary/aromatic N) is 2. The highest BCUT2D eigenvalue weighted by Crippen LogP contribution is 2.27. The fourth-order valence-corrected chi connectivity index (χ4v) is 2.87. The molecule has 3 aromatic rings. The predicted octanol–water partition coefficient (Wildman–Crippen LogP) is 3.87. The molecule has 0 radical (unpaired) electrons. The van der Waals surface area contributed by atoms with Crippen LogP contribution in [0.3, 0.4) is 0 Å². The van der Waals surface area contributed by atoms with Crippen LogP contribution in [0.2, 0.25) is 0 Å². The maximum atomic E-state index is 4.59. The van der Waals surface area contributed by atoms with Gasteiger partial charge in [-0.25, -0.2) is 4.98 Å². The fraction of sp³-hybridized carbons (Fsp3) is 0.200. The molecule has 3 nitrogen and oxygen atoms in total. The van der Waals surface area contributed by atoms with E-state index in [2.05, 4.69) is 40.4 Å². The summed E-state index contributed by atoms with van der Waals surface area (Å²) in [4.78, 5) is 8.61. The van der Waals surface area contributed by atoms with Gasteiger partial charge in [-0.2, -0.15) is 0 Å².